The van der Waals surface area contributed by atoms with Crippen LogP contribution in [0, 0.1) is 0 Å². The van der Waals surface area contributed by atoms with Gasteiger partial charge in [-0.3, -0.25) is 14.5 Å². The van der Waals surface area contributed by atoms with Crippen LogP contribution in [0.15, 0.2) is 72.0 Å². The Morgan fingerprint density at radius 1 is 0.828 bits per heavy atom. The summed E-state index contributed by atoms with van der Waals surface area (Å²) in [5, 5.41) is 0.623. The van der Waals surface area contributed by atoms with E-state index < -0.39 is 5.69 Å². The summed E-state index contributed by atoms with van der Waals surface area (Å²) in [5.74, 6) is -0.652. The lowest BCUT2D eigenvalue weighted by molar-refractivity contribution is 0.0642. The van der Waals surface area contributed by atoms with E-state index in [2.05, 4.69) is 15.0 Å². The highest BCUT2D eigenvalue weighted by molar-refractivity contribution is 6.21. The molecule has 0 unspecified atom stereocenters. The van der Waals surface area contributed by atoms with Crippen LogP contribution >= 0.6 is 0 Å². The molecule has 140 valence electrons. The van der Waals surface area contributed by atoms with Crippen LogP contribution in [0.2, 0.25) is 0 Å². The van der Waals surface area contributed by atoms with Crippen molar-refractivity contribution in [2.24, 2.45) is 0 Å². The second kappa shape index (κ2) is 6.45. The molecule has 0 N–H and O–H groups in total. The summed E-state index contributed by atoms with van der Waals surface area (Å²) in [4.78, 5) is 50.9. The Morgan fingerprint density at radius 3 is 2.34 bits per heavy atom. The molecule has 0 saturated carbocycles. The number of rotatable bonds is 3. The molecule has 0 saturated heterocycles. The Kier molecular flexibility index (Phi) is 3.77. The number of carbonyl (C=O) groups is 2. The van der Waals surface area contributed by atoms with Gasteiger partial charge >= 0.3 is 5.69 Å². The molecule has 3 heterocycles. The molecule has 1 aliphatic rings. The molecule has 2 amide bonds. The molecule has 0 fully saturated rings. The van der Waals surface area contributed by atoms with Gasteiger partial charge in [0.25, 0.3) is 11.8 Å². The van der Waals surface area contributed by atoms with Crippen LogP contribution in [-0.2, 0) is 6.54 Å². The Hall–Kier alpha value is -4.20. The Bertz CT molecular complexity index is 1330. The van der Waals surface area contributed by atoms with Crippen molar-refractivity contribution in [3.05, 3.63) is 94.4 Å². The highest BCUT2D eigenvalue weighted by atomic mass is 16.2. The average molecular weight is 383 g/mol. The fourth-order valence-corrected chi connectivity index (χ4v) is 3.48. The smallest absolute Gasteiger partial charge is 0.270 e. The first-order chi connectivity index (χ1) is 14.1. The van der Waals surface area contributed by atoms with Gasteiger partial charge in [-0.05, 0) is 29.8 Å². The molecular formula is C21H13N5O3. The van der Waals surface area contributed by atoms with Crippen molar-refractivity contribution in [3.63, 3.8) is 0 Å². The third kappa shape index (κ3) is 2.69. The summed E-state index contributed by atoms with van der Waals surface area (Å²) in [7, 11) is 0. The first kappa shape index (κ1) is 16.9. The lowest BCUT2D eigenvalue weighted by Gasteiger charge is -2.15. The monoisotopic (exact) mass is 383 g/mol. The van der Waals surface area contributed by atoms with Crippen molar-refractivity contribution in [2.45, 2.75) is 6.54 Å². The van der Waals surface area contributed by atoms with Crippen molar-refractivity contribution in [1.29, 1.82) is 0 Å². The van der Waals surface area contributed by atoms with Gasteiger partial charge in [0.2, 0.25) is 0 Å². The quantitative estimate of drug-likeness (QED) is 0.502. The normalized spacial score (nSPS) is 13.2. The van der Waals surface area contributed by atoms with Gasteiger partial charge in [-0.15, -0.1) is 0 Å². The van der Waals surface area contributed by atoms with Crippen LogP contribution in [0.4, 0.5) is 0 Å². The van der Waals surface area contributed by atoms with Crippen molar-refractivity contribution in [3.8, 4) is 5.69 Å². The standard InChI is InChI=1S/C21H13N5O3/c27-19-16-6-1-2-7-17(16)20(28)25(19)11-13-4-3-5-15(8-13)26-18-14(9-22-12-24-18)10-23-21(26)29/h1-10,12H,11H2. The van der Waals surface area contributed by atoms with Crippen LogP contribution < -0.4 is 5.69 Å². The maximum Gasteiger partial charge on any atom is 0.353 e. The number of fused-ring (bicyclic) bond motifs is 2. The Balaban J connectivity index is 1.54. The molecule has 0 atom stereocenters. The minimum atomic E-state index is -0.478. The van der Waals surface area contributed by atoms with Gasteiger partial charge in [0.15, 0.2) is 5.65 Å². The largest absolute Gasteiger partial charge is 0.353 e. The fourth-order valence-electron chi connectivity index (χ4n) is 3.48. The number of amides is 2. The van der Waals surface area contributed by atoms with E-state index in [4.69, 9.17) is 0 Å². The molecule has 5 rings (SSSR count). The van der Waals surface area contributed by atoms with Crippen molar-refractivity contribution in [2.75, 3.05) is 0 Å². The number of aromatic nitrogens is 4. The Morgan fingerprint density at radius 2 is 1.59 bits per heavy atom. The van der Waals surface area contributed by atoms with Gasteiger partial charge in [0.1, 0.15) is 6.33 Å². The first-order valence-electron chi connectivity index (χ1n) is 8.86. The maximum absolute atomic E-state index is 12.6. The lowest BCUT2D eigenvalue weighted by atomic mass is 10.1. The van der Waals surface area contributed by atoms with E-state index >= 15 is 0 Å². The van der Waals surface area contributed by atoms with E-state index in [0.29, 0.717) is 33.4 Å². The van der Waals surface area contributed by atoms with Crippen LogP contribution in [0.25, 0.3) is 16.7 Å². The molecule has 8 heteroatoms. The van der Waals surface area contributed by atoms with Gasteiger partial charge in [0, 0.05) is 12.4 Å². The number of hydrogen-bond donors (Lipinski definition) is 0. The van der Waals surface area contributed by atoms with Crippen molar-refractivity contribution >= 4 is 22.8 Å². The molecule has 4 aromatic rings. The van der Waals surface area contributed by atoms with E-state index in [1.54, 1.807) is 54.7 Å². The van der Waals surface area contributed by atoms with Gasteiger partial charge < -0.3 is 0 Å². The van der Waals surface area contributed by atoms with Crippen LogP contribution in [0.5, 0.6) is 0 Å². The molecule has 2 aromatic heterocycles. The molecular weight excluding hydrogens is 370 g/mol. The molecule has 1 aliphatic heterocycles. The SMILES string of the molecule is O=C1c2ccccc2C(=O)N1Cc1cccc(-n2c(=O)ncc3cncnc32)c1. The van der Waals surface area contributed by atoms with E-state index in [-0.39, 0.29) is 18.4 Å². The van der Waals surface area contributed by atoms with Crippen LogP contribution in [-0.4, -0.2) is 36.2 Å². The summed E-state index contributed by atoms with van der Waals surface area (Å²) in [5.41, 5.74) is 2.00. The molecule has 29 heavy (non-hydrogen) atoms. The third-order valence-corrected chi connectivity index (χ3v) is 4.82. The highest BCUT2D eigenvalue weighted by Gasteiger charge is 2.34. The number of imide groups is 1. The summed E-state index contributed by atoms with van der Waals surface area (Å²) >= 11 is 0. The average Bonchev–Trinajstić information content (AvgIpc) is 2.99. The van der Waals surface area contributed by atoms with E-state index in [0.717, 1.165) is 0 Å². The summed E-state index contributed by atoms with van der Waals surface area (Å²) in [6.07, 6.45) is 4.37. The molecule has 0 bridgehead atoms. The second-order valence-corrected chi connectivity index (χ2v) is 6.59. The van der Waals surface area contributed by atoms with Crippen molar-refractivity contribution < 1.29 is 9.59 Å². The van der Waals surface area contributed by atoms with Gasteiger partial charge in [-0.25, -0.2) is 24.3 Å². The first-order valence-corrected chi connectivity index (χ1v) is 8.86. The van der Waals surface area contributed by atoms with E-state index in [1.807, 2.05) is 0 Å². The highest BCUT2D eigenvalue weighted by Crippen LogP contribution is 2.25. The lowest BCUT2D eigenvalue weighted by Crippen LogP contribution is -2.29. The van der Waals surface area contributed by atoms with Crippen LogP contribution in [0.1, 0.15) is 26.3 Å². The molecule has 0 radical (unpaired) electrons. The van der Waals surface area contributed by atoms with Gasteiger partial charge in [-0.1, -0.05) is 24.3 Å². The zero-order valence-electron chi connectivity index (χ0n) is 15.0. The number of benzene rings is 2. The number of nitrogens with zero attached hydrogens (tertiary/aromatic N) is 5. The zero-order valence-corrected chi connectivity index (χ0v) is 15.0. The number of hydrogen-bond acceptors (Lipinski definition) is 6. The predicted octanol–water partition coefficient (Wildman–Crippen LogP) is 1.97. The molecule has 2 aromatic carbocycles. The Labute approximate surface area is 164 Å². The molecule has 0 aliphatic carbocycles. The minimum Gasteiger partial charge on any atom is -0.270 e. The predicted molar refractivity (Wildman–Crippen MR) is 104 cm³/mol. The van der Waals surface area contributed by atoms with E-state index in [9.17, 15) is 14.4 Å². The minimum absolute atomic E-state index is 0.0993. The summed E-state index contributed by atoms with van der Waals surface area (Å²) < 4.78 is 1.38. The topological polar surface area (TPSA) is 98.1 Å². The third-order valence-electron chi connectivity index (χ3n) is 4.82. The number of carbonyl (C=O) groups excluding carboxylic acids is 2. The van der Waals surface area contributed by atoms with Crippen molar-refractivity contribution in [1.82, 2.24) is 24.4 Å². The van der Waals surface area contributed by atoms with Crippen LogP contribution in [0.3, 0.4) is 0 Å². The zero-order chi connectivity index (χ0) is 20.0. The molecule has 0 spiro atoms. The summed E-state index contributed by atoms with van der Waals surface area (Å²) in [6.45, 7) is 0.0993. The molecule has 8 nitrogen and oxygen atoms in total. The van der Waals surface area contributed by atoms with E-state index in [1.165, 1.54) is 22.0 Å². The maximum atomic E-state index is 12.6. The van der Waals surface area contributed by atoms with Gasteiger partial charge in [-0.2, -0.15) is 0 Å². The summed E-state index contributed by atoms with van der Waals surface area (Å²) in [6, 6.07) is 13.8. The van der Waals surface area contributed by atoms with Gasteiger partial charge in [0.05, 0.1) is 28.7 Å². The second-order valence-electron chi connectivity index (χ2n) is 6.59. The fraction of sp³-hybridized carbons (Fsp3) is 0.0476.